The summed E-state index contributed by atoms with van der Waals surface area (Å²) in [5.41, 5.74) is 2.95. The van der Waals surface area contributed by atoms with Crippen LogP contribution in [0.1, 0.15) is 29.0 Å². The average Bonchev–Trinajstić information content (AvgIpc) is 3.10. The topological polar surface area (TPSA) is 45.5 Å². The van der Waals surface area contributed by atoms with Crippen LogP contribution in [0.4, 0.5) is 11.4 Å². The fraction of sp³-hybridized carbons (Fsp3) is 0.312. The molecular formula is C16H18N2O2. The fourth-order valence-corrected chi connectivity index (χ4v) is 2.47. The maximum Gasteiger partial charge on any atom is 0.291 e. The molecule has 4 nitrogen and oxygen atoms in total. The summed E-state index contributed by atoms with van der Waals surface area (Å²) in [6, 6.07) is 9.69. The summed E-state index contributed by atoms with van der Waals surface area (Å²) in [5.74, 6) is 0.123. The van der Waals surface area contributed by atoms with Gasteiger partial charge in [-0.15, -0.1) is 0 Å². The van der Waals surface area contributed by atoms with Crippen LogP contribution >= 0.6 is 0 Å². The minimum absolute atomic E-state index is 0.216. The van der Waals surface area contributed by atoms with Crippen LogP contribution in [0, 0.1) is 6.92 Å². The lowest BCUT2D eigenvalue weighted by atomic mass is 10.2. The highest BCUT2D eigenvalue weighted by Crippen LogP contribution is 2.22. The van der Waals surface area contributed by atoms with Crippen molar-refractivity contribution in [1.29, 1.82) is 0 Å². The number of rotatable bonds is 3. The molecule has 0 radical (unpaired) electrons. The number of carbonyl (C=O) groups is 1. The van der Waals surface area contributed by atoms with E-state index in [0.29, 0.717) is 5.76 Å². The van der Waals surface area contributed by atoms with E-state index in [9.17, 15) is 4.79 Å². The van der Waals surface area contributed by atoms with Gasteiger partial charge >= 0.3 is 0 Å². The van der Waals surface area contributed by atoms with Crippen molar-refractivity contribution in [1.82, 2.24) is 0 Å². The van der Waals surface area contributed by atoms with E-state index in [4.69, 9.17) is 4.42 Å². The molecule has 1 aromatic heterocycles. The highest BCUT2D eigenvalue weighted by molar-refractivity contribution is 6.02. The minimum Gasteiger partial charge on any atom is -0.459 e. The van der Waals surface area contributed by atoms with E-state index in [0.717, 1.165) is 24.3 Å². The lowest BCUT2D eigenvalue weighted by Crippen LogP contribution is -2.17. The van der Waals surface area contributed by atoms with Gasteiger partial charge in [0, 0.05) is 24.5 Å². The molecule has 2 heterocycles. The van der Waals surface area contributed by atoms with Crippen molar-refractivity contribution in [2.75, 3.05) is 23.3 Å². The Bertz CT molecular complexity index is 595. The van der Waals surface area contributed by atoms with Gasteiger partial charge in [0.1, 0.15) is 0 Å². The summed E-state index contributed by atoms with van der Waals surface area (Å²) in [6.07, 6.45) is 4.10. The quantitative estimate of drug-likeness (QED) is 0.929. The first-order chi connectivity index (χ1) is 9.72. The number of furan rings is 1. The molecular weight excluding hydrogens is 252 g/mol. The van der Waals surface area contributed by atoms with Crippen molar-refractivity contribution >= 4 is 17.3 Å². The normalized spacial score (nSPS) is 14.6. The van der Waals surface area contributed by atoms with E-state index in [-0.39, 0.29) is 5.91 Å². The molecule has 1 saturated heterocycles. The third-order valence-corrected chi connectivity index (χ3v) is 3.55. The average molecular weight is 270 g/mol. The van der Waals surface area contributed by atoms with Crippen molar-refractivity contribution < 1.29 is 9.21 Å². The third kappa shape index (κ3) is 2.69. The zero-order chi connectivity index (χ0) is 13.9. The summed E-state index contributed by atoms with van der Waals surface area (Å²) in [5, 5.41) is 2.84. The third-order valence-electron chi connectivity index (χ3n) is 3.55. The van der Waals surface area contributed by atoms with Crippen molar-refractivity contribution in [2.24, 2.45) is 0 Å². The fourth-order valence-electron chi connectivity index (χ4n) is 2.47. The Morgan fingerprint density at radius 1 is 1.20 bits per heavy atom. The smallest absolute Gasteiger partial charge is 0.291 e. The maximum absolute atomic E-state index is 12.0. The van der Waals surface area contributed by atoms with Crippen LogP contribution < -0.4 is 10.2 Å². The van der Waals surface area contributed by atoms with Crippen LogP contribution in [-0.2, 0) is 0 Å². The van der Waals surface area contributed by atoms with Gasteiger partial charge in [0.05, 0.1) is 6.26 Å². The zero-order valence-corrected chi connectivity index (χ0v) is 11.6. The molecule has 1 aromatic carbocycles. The number of carbonyl (C=O) groups excluding carboxylic acids is 1. The largest absolute Gasteiger partial charge is 0.459 e. The second-order valence-corrected chi connectivity index (χ2v) is 5.18. The molecule has 1 amide bonds. The van der Waals surface area contributed by atoms with Gasteiger partial charge in [0.2, 0.25) is 0 Å². The number of amides is 1. The van der Waals surface area contributed by atoms with E-state index in [1.807, 2.05) is 31.2 Å². The van der Waals surface area contributed by atoms with Gasteiger partial charge in [-0.3, -0.25) is 4.79 Å². The Labute approximate surface area is 118 Å². The van der Waals surface area contributed by atoms with Gasteiger partial charge in [-0.25, -0.2) is 0 Å². The summed E-state index contributed by atoms with van der Waals surface area (Å²) in [4.78, 5) is 14.3. The Morgan fingerprint density at radius 3 is 2.50 bits per heavy atom. The number of anilines is 2. The second-order valence-electron chi connectivity index (χ2n) is 5.18. The molecule has 2 aromatic rings. The predicted molar refractivity (Wildman–Crippen MR) is 79.3 cm³/mol. The van der Waals surface area contributed by atoms with Crippen molar-refractivity contribution in [3.8, 4) is 0 Å². The number of hydrogen-bond donors (Lipinski definition) is 1. The predicted octanol–water partition coefficient (Wildman–Crippen LogP) is 3.44. The molecule has 20 heavy (non-hydrogen) atoms. The molecule has 1 N–H and O–H groups in total. The van der Waals surface area contributed by atoms with Crippen LogP contribution in [0.25, 0.3) is 0 Å². The lowest BCUT2D eigenvalue weighted by Gasteiger charge is -2.17. The van der Waals surface area contributed by atoms with Gasteiger partial charge in [-0.1, -0.05) is 0 Å². The SMILES string of the molecule is Cc1coc(C(=O)Nc2ccc(N3CCCC3)cc2)c1. The zero-order valence-electron chi connectivity index (χ0n) is 11.6. The second kappa shape index (κ2) is 5.41. The van der Waals surface area contributed by atoms with Gasteiger partial charge in [-0.2, -0.15) is 0 Å². The molecule has 0 saturated carbocycles. The molecule has 104 valence electrons. The Morgan fingerprint density at radius 2 is 1.90 bits per heavy atom. The first-order valence-corrected chi connectivity index (χ1v) is 6.94. The van der Waals surface area contributed by atoms with E-state index in [2.05, 4.69) is 10.2 Å². The first kappa shape index (κ1) is 12.8. The molecule has 3 rings (SSSR count). The van der Waals surface area contributed by atoms with Crippen LogP contribution in [0.3, 0.4) is 0 Å². The van der Waals surface area contributed by atoms with Crippen molar-refractivity contribution in [2.45, 2.75) is 19.8 Å². The molecule has 0 spiro atoms. The van der Waals surface area contributed by atoms with Crippen molar-refractivity contribution in [3.63, 3.8) is 0 Å². The standard InChI is InChI=1S/C16H18N2O2/c1-12-10-15(20-11-12)16(19)17-13-4-6-14(7-5-13)18-8-2-3-9-18/h4-7,10-11H,2-3,8-9H2,1H3,(H,17,19). The Hall–Kier alpha value is -2.23. The molecule has 0 aliphatic carbocycles. The van der Waals surface area contributed by atoms with Crippen molar-refractivity contribution in [3.05, 3.63) is 47.9 Å². The summed E-state index contributed by atoms with van der Waals surface area (Å²) in [6.45, 7) is 4.14. The maximum atomic E-state index is 12.0. The molecule has 0 atom stereocenters. The van der Waals surface area contributed by atoms with E-state index >= 15 is 0 Å². The monoisotopic (exact) mass is 270 g/mol. The number of nitrogens with one attached hydrogen (secondary N) is 1. The van der Waals surface area contributed by atoms with Crippen LogP contribution in [0.2, 0.25) is 0 Å². The molecule has 0 unspecified atom stereocenters. The Balaban J connectivity index is 1.67. The summed E-state index contributed by atoms with van der Waals surface area (Å²) >= 11 is 0. The number of hydrogen-bond acceptors (Lipinski definition) is 3. The molecule has 1 aliphatic rings. The highest BCUT2D eigenvalue weighted by Gasteiger charge is 2.13. The van der Waals surface area contributed by atoms with Crippen LogP contribution in [0.15, 0.2) is 41.0 Å². The number of benzene rings is 1. The van der Waals surface area contributed by atoms with Gasteiger partial charge < -0.3 is 14.6 Å². The molecule has 1 aliphatic heterocycles. The summed E-state index contributed by atoms with van der Waals surface area (Å²) in [7, 11) is 0. The van der Waals surface area contributed by atoms with E-state index < -0.39 is 0 Å². The van der Waals surface area contributed by atoms with Gasteiger partial charge in [0.25, 0.3) is 5.91 Å². The number of nitrogens with zero attached hydrogens (tertiary/aromatic N) is 1. The lowest BCUT2D eigenvalue weighted by molar-refractivity contribution is 0.0996. The minimum atomic E-state index is -0.216. The van der Waals surface area contributed by atoms with Gasteiger partial charge in [0.15, 0.2) is 5.76 Å². The Kier molecular flexibility index (Phi) is 3.46. The first-order valence-electron chi connectivity index (χ1n) is 6.94. The van der Waals surface area contributed by atoms with E-state index in [1.165, 1.54) is 18.5 Å². The summed E-state index contributed by atoms with van der Waals surface area (Å²) < 4.78 is 5.18. The van der Waals surface area contributed by atoms with Crippen LogP contribution in [0.5, 0.6) is 0 Å². The molecule has 0 bridgehead atoms. The molecule has 4 heteroatoms. The number of aryl methyl sites for hydroxylation is 1. The highest BCUT2D eigenvalue weighted by atomic mass is 16.3. The van der Waals surface area contributed by atoms with Crippen LogP contribution in [-0.4, -0.2) is 19.0 Å². The van der Waals surface area contributed by atoms with Gasteiger partial charge in [-0.05, 0) is 55.7 Å². The van der Waals surface area contributed by atoms with E-state index in [1.54, 1.807) is 12.3 Å². The molecule has 1 fully saturated rings.